The van der Waals surface area contributed by atoms with E-state index in [1.807, 2.05) is 30.3 Å². The second-order valence-electron chi connectivity index (χ2n) is 3.13. The van der Waals surface area contributed by atoms with Crippen LogP contribution in [0.25, 0.3) is 0 Å². The molecule has 0 spiro atoms. The van der Waals surface area contributed by atoms with Crippen LogP contribution in [0.15, 0.2) is 35.3 Å². The lowest BCUT2D eigenvalue weighted by Gasteiger charge is -2.05. The van der Waals surface area contributed by atoms with Crippen molar-refractivity contribution < 1.29 is 4.74 Å². The van der Waals surface area contributed by atoms with Gasteiger partial charge in [-0.25, -0.2) is 5.84 Å². The summed E-state index contributed by atoms with van der Waals surface area (Å²) < 4.78 is 4.91. The summed E-state index contributed by atoms with van der Waals surface area (Å²) in [7, 11) is 1.66. The number of aliphatic imine (C=N–C) groups is 1. The lowest BCUT2D eigenvalue weighted by molar-refractivity contribution is 0.208. The van der Waals surface area contributed by atoms with Gasteiger partial charge >= 0.3 is 0 Å². The number of methoxy groups -OCH3 is 1. The molecule has 4 nitrogen and oxygen atoms in total. The van der Waals surface area contributed by atoms with E-state index in [0.29, 0.717) is 13.2 Å². The third-order valence-corrected chi connectivity index (χ3v) is 1.98. The maximum atomic E-state index is 5.38. The van der Waals surface area contributed by atoms with Crippen molar-refractivity contribution in [1.29, 1.82) is 0 Å². The van der Waals surface area contributed by atoms with Crippen molar-refractivity contribution in [2.75, 3.05) is 20.3 Å². The van der Waals surface area contributed by atoms with E-state index in [0.717, 1.165) is 12.3 Å². The van der Waals surface area contributed by atoms with Crippen LogP contribution in [0, 0.1) is 0 Å². The highest BCUT2D eigenvalue weighted by molar-refractivity contribution is 5.83. The van der Waals surface area contributed by atoms with Gasteiger partial charge in [-0.15, -0.1) is 0 Å². The molecule has 0 saturated carbocycles. The van der Waals surface area contributed by atoms with Gasteiger partial charge in [0.05, 0.1) is 13.2 Å². The molecule has 0 saturated heterocycles. The van der Waals surface area contributed by atoms with E-state index in [1.54, 1.807) is 7.11 Å². The monoisotopic (exact) mass is 207 g/mol. The van der Waals surface area contributed by atoms with Crippen LogP contribution in [0.2, 0.25) is 0 Å². The van der Waals surface area contributed by atoms with Crippen LogP contribution < -0.4 is 11.3 Å². The standard InChI is InChI=1S/C11H17N3O/c1-15-8-7-13-11(14-12)9-10-5-3-2-4-6-10/h2-6H,7-9,12H2,1H3,(H,13,14). The first-order chi connectivity index (χ1) is 7.36. The van der Waals surface area contributed by atoms with Crippen molar-refractivity contribution in [3.8, 4) is 0 Å². The highest BCUT2D eigenvalue weighted by atomic mass is 16.5. The predicted molar refractivity (Wildman–Crippen MR) is 61.6 cm³/mol. The van der Waals surface area contributed by atoms with Crippen LogP contribution in [0.1, 0.15) is 5.56 Å². The van der Waals surface area contributed by atoms with E-state index in [-0.39, 0.29) is 0 Å². The molecule has 3 N–H and O–H groups in total. The van der Waals surface area contributed by atoms with E-state index >= 15 is 0 Å². The zero-order valence-electron chi connectivity index (χ0n) is 8.94. The highest BCUT2D eigenvalue weighted by Crippen LogP contribution is 1.99. The van der Waals surface area contributed by atoms with E-state index in [1.165, 1.54) is 5.56 Å². The maximum Gasteiger partial charge on any atom is 0.115 e. The highest BCUT2D eigenvalue weighted by Gasteiger charge is 1.98. The van der Waals surface area contributed by atoms with E-state index < -0.39 is 0 Å². The van der Waals surface area contributed by atoms with Gasteiger partial charge in [0.1, 0.15) is 5.84 Å². The number of nitrogens with two attached hydrogens (primary N) is 1. The Morgan fingerprint density at radius 3 is 2.73 bits per heavy atom. The molecule has 0 aliphatic rings. The van der Waals surface area contributed by atoms with E-state index in [2.05, 4.69) is 10.4 Å². The fourth-order valence-corrected chi connectivity index (χ4v) is 1.21. The average Bonchev–Trinajstić information content (AvgIpc) is 2.29. The Labute approximate surface area is 90.1 Å². The van der Waals surface area contributed by atoms with Crippen molar-refractivity contribution in [3.63, 3.8) is 0 Å². The lowest BCUT2D eigenvalue weighted by Crippen LogP contribution is -2.32. The number of nitrogens with zero attached hydrogens (tertiary/aromatic N) is 1. The molecule has 1 aromatic rings. The molecule has 4 heteroatoms. The van der Waals surface area contributed by atoms with Crippen molar-refractivity contribution in [3.05, 3.63) is 35.9 Å². The van der Waals surface area contributed by atoms with Gasteiger partial charge < -0.3 is 10.2 Å². The number of benzene rings is 1. The molecule has 0 fully saturated rings. The number of hydrogen-bond acceptors (Lipinski definition) is 3. The number of ether oxygens (including phenoxy) is 1. The molecule has 0 bridgehead atoms. The van der Waals surface area contributed by atoms with Gasteiger partial charge in [0.25, 0.3) is 0 Å². The van der Waals surface area contributed by atoms with Gasteiger partial charge in [0, 0.05) is 13.5 Å². The summed E-state index contributed by atoms with van der Waals surface area (Å²) in [5.74, 6) is 6.16. The largest absolute Gasteiger partial charge is 0.383 e. The number of hydrogen-bond donors (Lipinski definition) is 2. The fourth-order valence-electron chi connectivity index (χ4n) is 1.21. The first-order valence-corrected chi connectivity index (χ1v) is 4.89. The Hall–Kier alpha value is -1.39. The van der Waals surface area contributed by atoms with Crippen LogP contribution in [-0.4, -0.2) is 26.1 Å². The summed E-state index contributed by atoms with van der Waals surface area (Å²) in [6.45, 7) is 1.24. The Kier molecular flexibility index (Phi) is 5.43. The van der Waals surface area contributed by atoms with Crippen LogP contribution in [-0.2, 0) is 11.2 Å². The average molecular weight is 207 g/mol. The summed E-state index contributed by atoms with van der Waals surface area (Å²) >= 11 is 0. The summed E-state index contributed by atoms with van der Waals surface area (Å²) in [6.07, 6.45) is 0.723. The molecular formula is C11H17N3O. The minimum absolute atomic E-state index is 0.611. The second-order valence-corrected chi connectivity index (χ2v) is 3.13. The fraction of sp³-hybridized carbons (Fsp3) is 0.364. The van der Waals surface area contributed by atoms with Gasteiger partial charge in [-0.2, -0.15) is 0 Å². The second kappa shape index (κ2) is 6.98. The van der Waals surface area contributed by atoms with Gasteiger partial charge in [-0.1, -0.05) is 30.3 Å². The molecule has 0 aliphatic carbocycles. The van der Waals surface area contributed by atoms with Gasteiger partial charge in [0.2, 0.25) is 0 Å². The first kappa shape index (κ1) is 11.7. The minimum atomic E-state index is 0.611. The Morgan fingerprint density at radius 2 is 2.13 bits per heavy atom. The minimum Gasteiger partial charge on any atom is -0.383 e. The molecule has 1 rings (SSSR count). The maximum absolute atomic E-state index is 5.38. The molecule has 0 heterocycles. The molecule has 0 amide bonds. The first-order valence-electron chi connectivity index (χ1n) is 4.89. The van der Waals surface area contributed by atoms with Crippen LogP contribution in [0.5, 0.6) is 0 Å². The molecule has 0 atom stereocenters. The number of rotatable bonds is 5. The summed E-state index contributed by atoms with van der Waals surface area (Å²) in [5, 5.41) is 0. The van der Waals surface area contributed by atoms with Crippen LogP contribution >= 0.6 is 0 Å². The summed E-state index contributed by atoms with van der Waals surface area (Å²) in [6, 6.07) is 10.1. The molecule has 0 aromatic heterocycles. The van der Waals surface area contributed by atoms with Crippen molar-refractivity contribution in [2.24, 2.45) is 10.8 Å². The van der Waals surface area contributed by atoms with Gasteiger partial charge in [0.15, 0.2) is 0 Å². The lowest BCUT2D eigenvalue weighted by atomic mass is 10.1. The summed E-state index contributed by atoms with van der Waals surface area (Å²) in [4.78, 5) is 4.28. The van der Waals surface area contributed by atoms with Crippen molar-refractivity contribution >= 4 is 5.84 Å². The van der Waals surface area contributed by atoms with Crippen LogP contribution in [0.3, 0.4) is 0 Å². The van der Waals surface area contributed by atoms with Gasteiger partial charge in [-0.3, -0.25) is 4.99 Å². The van der Waals surface area contributed by atoms with E-state index in [9.17, 15) is 0 Å². The Morgan fingerprint density at radius 1 is 1.40 bits per heavy atom. The third-order valence-electron chi connectivity index (χ3n) is 1.98. The number of amidine groups is 1. The zero-order chi connectivity index (χ0) is 10.9. The zero-order valence-corrected chi connectivity index (χ0v) is 8.94. The molecule has 1 aromatic carbocycles. The molecule has 0 unspecified atom stereocenters. The molecule has 82 valence electrons. The summed E-state index contributed by atoms with van der Waals surface area (Å²) in [5.41, 5.74) is 3.79. The number of nitrogens with one attached hydrogen (secondary N) is 1. The normalized spacial score (nSPS) is 11.5. The molecule has 0 aliphatic heterocycles. The smallest absolute Gasteiger partial charge is 0.115 e. The third kappa shape index (κ3) is 4.58. The molecule has 15 heavy (non-hydrogen) atoms. The van der Waals surface area contributed by atoms with Crippen molar-refractivity contribution in [2.45, 2.75) is 6.42 Å². The van der Waals surface area contributed by atoms with Crippen LogP contribution in [0.4, 0.5) is 0 Å². The van der Waals surface area contributed by atoms with Crippen molar-refractivity contribution in [1.82, 2.24) is 5.43 Å². The molecule has 0 radical (unpaired) electrons. The Balaban J connectivity index is 2.50. The van der Waals surface area contributed by atoms with Gasteiger partial charge in [-0.05, 0) is 5.56 Å². The number of hydrazine groups is 1. The predicted octanol–water partition coefficient (Wildman–Crippen LogP) is 0.737. The Bertz CT molecular complexity index is 298. The van der Waals surface area contributed by atoms with E-state index in [4.69, 9.17) is 10.6 Å². The molecular weight excluding hydrogens is 190 g/mol. The SMILES string of the molecule is COCCN=C(Cc1ccccc1)NN. The topological polar surface area (TPSA) is 59.6 Å². The quantitative estimate of drug-likeness (QED) is 0.246.